The number of rotatable bonds is 2. The van der Waals surface area contributed by atoms with Crippen LogP contribution in [0, 0.1) is 0 Å². The standard InChI is InChI=1S/C19H23N5OS/c1-22-8-10-23(11-9-22)15-4-2-3-14-17(15)19(25)24(21-14)18-13-6-12-26-16(13)5-7-20-18/h5-7,12,15,21H,2-4,8-11H2,1H3. The summed E-state index contributed by atoms with van der Waals surface area (Å²) in [5, 5.41) is 6.48. The zero-order chi connectivity index (χ0) is 17.7. The van der Waals surface area contributed by atoms with Crippen molar-refractivity contribution >= 4 is 21.4 Å². The van der Waals surface area contributed by atoms with E-state index in [9.17, 15) is 4.79 Å². The van der Waals surface area contributed by atoms with Crippen LogP contribution < -0.4 is 5.56 Å². The minimum Gasteiger partial charge on any atom is -0.304 e. The normalized spacial score (nSPS) is 22.0. The average Bonchev–Trinajstić information content (AvgIpc) is 3.27. The van der Waals surface area contributed by atoms with Gasteiger partial charge in [-0.1, -0.05) is 0 Å². The molecular formula is C19H23N5OS. The van der Waals surface area contributed by atoms with Crippen molar-refractivity contribution in [1.82, 2.24) is 24.6 Å². The first kappa shape index (κ1) is 16.2. The molecule has 1 N–H and O–H groups in total. The molecule has 1 saturated heterocycles. The molecule has 0 aromatic carbocycles. The van der Waals surface area contributed by atoms with Crippen LogP contribution in [-0.2, 0) is 6.42 Å². The molecule has 0 radical (unpaired) electrons. The summed E-state index contributed by atoms with van der Waals surface area (Å²) in [5.41, 5.74) is 2.14. The van der Waals surface area contributed by atoms with Gasteiger partial charge in [0.15, 0.2) is 5.82 Å². The lowest BCUT2D eigenvalue weighted by molar-refractivity contribution is 0.102. The quantitative estimate of drug-likeness (QED) is 0.754. The lowest BCUT2D eigenvalue weighted by Crippen LogP contribution is -2.47. The van der Waals surface area contributed by atoms with E-state index in [2.05, 4.69) is 32.3 Å². The first-order valence-electron chi connectivity index (χ1n) is 9.31. The minimum absolute atomic E-state index is 0.0785. The second-order valence-electron chi connectivity index (χ2n) is 7.36. The fraction of sp³-hybridized carbons (Fsp3) is 0.474. The van der Waals surface area contributed by atoms with Crippen molar-refractivity contribution in [2.45, 2.75) is 25.3 Å². The SMILES string of the molecule is CN1CCN(C2CCCc3[nH]n(-c4nccc5sccc45)c(=O)c32)CC1. The molecule has 1 fully saturated rings. The monoisotopic (exact) mass is 369 g/mol. The number of fused-ring (bicyclic) bond motifs is 2. The summed E-state index contributed by atoms with van der Waals surface area (Å²) >= 11 is 1.68. The van der Waals surface area contributed by atoms with Crippen LogP contribution in [0.4, 0.5) is 0 Å². The van der Waals surface area contributed by atoms with Gasteiger partial charge in [0.1, 0.15) is 0 Å². The minimum atomic E-state index is 0.0785. The number of thiophene rings is 1. The van der Waals surface area contributed by atoms with Crippen LogP contribution >= 0.6 is 11.3 Å². The van der Waals surface area contributed by atoms with Crippen LogP contribution in [0.15, 0.2) is 28.5 Å². The third-order valence-corrected chi connectivity index (χ3v) is 6.67. The molecule has 4 heterocycles. The maximum Gasteiger partial charge on any atom is 0.277 e. The number of H-pyrrole nitrogens is 1. The van der Waals surface area contributed by atoms with Gasteiger partial charge in [0.05, 0.1) is 5.56 Å². The van der Waals surface area contributed by atoms with Crippen molar-refractivity contribution in [3.63, 3.8) is 0 Å². The van der Waals surface area contributed by atoms with Gasteiger partial charge in [-0.3, -0.25) is 14.8 Å². The van der Waals surface area contributed by atoms with E-state index in [1.54, 1.807) is 22.2 Å². The Morgan fingerprint density at radius 1 is 1.23 bits per heavy atom. The molecule has 136 valence electrons. The van der Waals surface area contributed by atoms with Crippen molar-refractivity contribution in [3.05, 3.63) is 45.3 Å². The topological polar surface area (TPSA) is 57.2 Å². The molecule has 2 aliphatic rings. The van der Waals surface area contributed by atoms with E-state index < -0.39 is 0 Å². The predicted molar refractivity (Wildman–Crippen MR) is 104 cm³/mol. The molecule has 6 nitrogen and oxygen atoms in total. The van der Waals surface area contributed by atoms with E-state index in [1.807, 2.05) is 12.1 Å². The van der Waals surface area contributed by atoms with Gasteiger partial charge in [0, 0.05) is 54.2 Å². The molecule has 1 atom stereocenters. The van der Waals surface area contributed by atoms with Gasteiger partial charge in [-0.25, -0.2) is 9.67 Å². The third kappa shape index (κ3) is 2.53. The Kier molecular flexibility index (Phi) is 3.95. The highest BCUT2D eigenvalue weighted by Crippen LogP contribution is 2.33. The number of nitrogens with zero attached hydrogens (tertiary/aromatic N) is 4. The van der Waals surface area contributed by atoms with Gasteiger partial charge < -0.3 is 4.90 Å². The van der Waals surface area contributed by atoms with Crippen molar-refractivity contribution in [3.8, 4) is 5.82 Å². The number of aryl methyl sites for hydroxylation is 1. The van der Waals surface area contributed by atoms with Gasteiger partial charge in [0.2, 0.25) is 0 Å². The lowest BCUT2D eigenvalue weighted by Gasteiger charge is -2.39. The summed E-state index contributed by atoms with van der Waals surface area (Å²) in [6.07, 6.45) is 4.93. The highest BCUT2D eigenvalue weighted by atomic mass is 32.1. The second-order valence-corrected chi connectivity index (χ2v) is 8.31. The molecule has 0 amide bonds. The fourth-order valence-corrected chi connectivity index (χ4v) is 5.13. The van der Waals surface area contributed by atoms with Crippen molar-refractivity contribution in [1.29, 1.82) is 0 Å². The summed E-state index contributed by atoms with van der Waals surface area (Å²) in [6.45, 7) is 4.20. The van der Waals surface area contributed by atoms with E-state index in [0.29, 0.717) is 0 Å². The Bertz CT molecular complexity index is 995. The number of nitrogens with one attached hydrogen (secondary N) is 1. The summed E-state index contributed by atoms with van der Waals surface area (Å²) in [4.78, 5) is 22.7. The van der Waals surface area contributed by atoms with Crippen molar-refractivity contribution in [2.24, 2.45) is 0 Å². The van der Waals surface area contributed by atoms with Crippen LogP contribution in [0.3, 0.4) is 0 Å². The van der Waals surface area contributed by atoms with Gasteiger partial charge in [-0.2, -0.15) is 0 Å². The highest BCUT2D eigenvalue weighted by molar-refractivity contribution is 7.17. The molecule has 0 saturated carbocycles. The number of likely N-dealkylation sites (N-methyl/N-ethyl adjacent to an activating group) is 1. The number of piperazine rings is 1. The smallest absolute Gasteiger partial charge is 0.277 e. The summed E-state index contributed by atoms with van der Waals surface area (Å²) in [5.74, 6) is 0.722. The maximum atomic E-state index is 13.4. The third-order valence-electron chi connectivity index (χ3n) is 5.79. The van der Waals surface area contributed by atoms with Crippen LogP contribution in [0.5, 0.6) is 0 Å². The molecule has 0 bridgehead atoms. The van der Waals surface area contributed by atoms with Crippen LogP contribution in [-0.4, -0.2) is 57.8 Å². The molecule has 1 unspecified atom stereocenters. The van der Waals surface area contributed by atoms with Crippen molar-refractivity contribution in [2.75, 3.05) is 33.2 Å². The first-order chi connectivity index (χ1) is 12.7. The molecule has 7 heteroatoms. The molecule has 3 aromatic rings. The Balaban J connectivity index is 1.59. The average molecular weight is 369 g/mol. The number of pyridine rings is 1. The van der Waals surface area contributed by atoms with Crippen LogP contribution in [0.1, 0.15) is 30.1 Å². The Morgan fingerprint density at radius 3 is 2.92 bits per heavy atom. The van der Waals surface area contributed by atoms with E-state index in [1.165, 1.54) is 0 Å². The number of hydrogen-bond acceptors (Lipinski definition) is 5. The number of aromatic amines is 1. The zero-order valence-electron chi connectivity index (χ0n) is 14.9. The fourth-order valence-electron chi connectivity index (χ4n) is 4.35. The lowest BCUT2D eigenvalue weighted by atomic mass is 9.91. The Hall–Kier alpha value is -1.96. The van der Waals surface area contributed by atoms with E-state index >= 15 is 0 Å². The number of hydrogen-bond donors (Lipinski definition) is 1. The van der Waals surface area contributed by atoms with E-state index in [-0.39, 0.29) is 11.6 Å². The highest BCUT2D eigenvalue weighted by Gasteiger charge is 2.33. The Morgan fingerprint density at radius 2 is 2.08 bits per heavy atom. The summed E-state index contributed by atoms with van der Waals surface area (Å²) in [7, 11) is 2.17. The zero-order valence-corrected chi connectivity index (χ0v) is 15.8. The van der Waals surface area contributed by atoms with Crippen LogP contribution in [0.25, 0.3) is 15.9 Å². The van der Waals surface area contributed by atoms with E-state index in [0.717, 1.165) is 72.6 Å². The van der Waals surface area contributed by atoms with Gasteiger partial charge >= 0.3 is 0 Å². The maximum absolute atomic E-state index is 13.4. The molecular weight excluding hydrogens is 346 g/mol. The predicted octanol–water partition coefficient (Wildman–Crippen LogP) is 2.40. The van der Waals surface area contributed by atoms with Crippen LogP contribution in [0.2, 0.25) is 0 Å². The second kappa shape index (κ2) is 6.33. The molecule has 0 spiro atoms. The molecule has 1 aliphatic carbocycles. The van der Waals surface area contributed by atoms with Gasteiger partial charge in [0.25, 0.3) is 5.56 Å². The summed E-state index contributed by atoms with van der Waals surface area (Å²) < 4.78 is 2.83. The number of aromatic nitrogens is 3. The largest absolute Gasteiger partial charge is 0.304 e. The molecule has 26 heavy (non-hydrogen) atoms. The molecule has 1 aliphatic heterocycles. The van der Waals surface area contributed by atoms with Crippen molar-refractivity contribution < 1.29 is 0 Å². The van der Waals surface area contributed by atoms with E-state index in [4.69, 9.17) is 0 Å². The molecule has 3 aromatic heterocycles. The van der Waals surface area contributed by atoms with Gasteiger partial charge in [-0.05, 0) is 43.8 Å². The Labute approximate surface area is 156 Å². The molecule has 5 rings (SSSR count). The van der Waals surface area contributed by atoms with Gasteiger partial charge in [-0.15, -0.1) is 11.3 Å². The summed E-state index contributed by atoms with van der Waals surface area (Å²) in [6, 6.07) is 4.29. The first-order valence-corrected chi connectivity index (χ1v) is 10.2.